The highest BCUT2D eigenvalue weighted by Crippen LogP contribution is 2.29. The lowest BCUT2D eigenvalue weighted by molar-refractivity contribution is -0.120. The van der Waals surface area contributed by atoms with E-state index in [1.807, 2.05) is 18.7 Å². The number of carbonyl (C=O) groups is 1. The third-order valence-corrected chi connectivity index (χ3v) is 4.24. The number of hydrogen-bond acceptors (Lipinski definition) is 2. The molecule has 13 heavy (non-hydrogen) atoms. The van der Waals surface area contributed by atoms with Gasteiger partial charge in [0.1, 0.15) is 0 Å². The predicted molar refractivity (Wildman–Crippen MR) is 60.1 cm³/mol. The molecule has 0 saturated heterocycles. The lowest BCUT2D eigenvalue weighted by Gasteiger charge is -2.29. The van der Waals surface area contributed by atoms with E-state index in [0.29, 0.717) is 6.42 Å². The van der Waals surface area contributed by atoms with E-state index < -0.39 is 0 Å². The van der Waals surface area contributed by atoms with E-state index in [2.05, 4.69) is 25.4 Å². The van der Waals surface area contributed by atoms with Gasteiger partial charge in [0.05, 0.1) is 0 Å². The maximum absolute atomic E-state index is 11.1. The summed E-state index contributed by atoms with van der Waals surface area (Å²) in [6, 6.07) is 0. The summed E-state index contributed by atoms with van der Waals surface area (Å²) < 4.78 is 0.241. The fourth-order valence-electron chi connectivity index (χ4n) is 1.25. The third kappa shape index (κ3) is 4.03. The molecule has 1 amide bonds. The van der Waals surface area contributed by atoms with Gasteiger partial charge in [0.2, 0.25) is 5.91 Å². The topological polar surface area (TPSA) is 29.1 Å². The highest BCUT2D eigenvalue weighted by molar-refractivity contribution is 8.00. The first kappa shape index (κ1) is 12.8. The van der Waals surface area contributed by atoms with Crippen molar-refractivity contribution in [3.8, 4) is 0 Å². The number of nitrogens with one attached hydrogen (secondary N) is 1. The average molecular weight is 203 g/mol. The largest absolute Gasteiger partial charge is 0.355 e. The Kier molecular flexibility index (Phi) is 6.21. The van der Waals surface area contributed by atoms with Crippen LogP contribution in [0.5, 0.6) is 0 Å². The summed E-state index contributed by atoms with van der Waals surface area (Å²) >= 11 is 1.86. The molecule has 0 aliphatic heterocycles. The molecule has 1 N–H and O–H groups in total. The minimum absolute atomic E-state index is 0.153. The molecule has 0 unspecified atom stereocenters. The molecule has 0 fully saturated rings. The van der Waals surface area contributed by atoms with Gasteiger partial charge in [-0.05, 0) is 19.1 Å². The second kappa shape index (κ2) is 6.30. The van der Waals surface area contributed by atoms with Crippen LogP contribution >= 0.6 is 11.8 Å². The minimum atomic E-state index is 0.153. The molecule has 0 atom stereocenters. The zero-order chi connectivity index (χ0) is 10.3. The molecule has 78 valence electrons. The molecule has 0 heterocycles. The first-order valence-corrected chi connectivity index (χ1v) is 6.18. The Morgan fingerprint density at radius 3 is 2.15 bits per heavy atom. The van der Waals surface area contributed by atoms with Crippen molar-refractivity contribution in [1.82, 2.24) is 5.32 Å². The van der Waals surface area contributed by atoms with Crippen molar-refractivity contribution >= 4 is 17.7 Å². The Balaban J connectivity index is 4.02. The minimum Gasteiger partial charge on any atom is -0.355 e. The average Bonchev–Trinajstić information content (AvgIpc) is 2.20. The van der Waals surface area contributed by atoms with E-state index in [1.165, 1.54) is 0 Å². The van der Waals surface area contributed by atoms with E-state index >= 15 is 0 Å². The van der Waals surface area contributed by atoms with Crippen LogP contribution < -0.4 is 5.32 Å². The van der Waals surface area contributed by atoms with Crippen LogP contribution in [-0.2, 0) is 4.79 Å². The highest BCUT2D eigenvalue weighted by atomic mass is 32.2. The van der Waals surface area contributed by atoms with Crippen LogP contribution in [0.3, 0.4) is 0 Å². The Morgan fingerprint density at radius 1 is 1.31 bits per heavy atom. The molecule has 0 aromatic heterocycles. The summed E-state index contributed by atoms with van der Waals surface area (Å²) in [6.07, 6.45) is 4.91. The summed E-state index contributed by atoms with van der Waals surface area (Å²) in [5, 5.41) is 2.97. The van der Waals surface area contributed by atoms with Crippen molar-refractivity contribution in [3.63, 3.8) is 0 Å². The number of amides is 1. The Labute approximate surface area is 85.9 Å². The second-order valence-electron chi connectivity index (χ2n) is 3.22. The Morgan fingerprint density at radius 2 is 1.85 bits per heavy atom. The van der Waals surface area contributed by atoms with Crippen LogP contribution in [0, 0.1) is 0 Å². The van der Waals surface area contributed by atoms with Gasteiger partial charge in [0.15, 0.2) is 0 Å². The normalized spacial score (nSPS) is 11.4. The van der Waals surface area contributed by atoms with Gasteiger partial charge in [0.25, 0.3) is 0 Å². The van der Waals surface area contributed by atoms with Crippen molar-refractivity contribution in [2.24, 2.45) is 0 Å². The fourth-order valence-corrected chi connectivity index (χ4v) is 2.04. The van der Waals surface area contributed by atoms with Crippen molar-refractivity contribution in [2.75, 3.05) is 12.8 Å². The summed E-state index contributed by atoms with van der Waals surface area (Å²) in [6.45, 7) is 7.04. The smallest absolute Gasteiger partial charge is 0.219 e. The van der Waals surface area contributed by atoms with Gasteiger partial charge in [-0.25, -0.2) is 0 Å². The third-order valence-electron chi connectivity index (χ3n) is 2.65. The van der Waals surface area contributed by atoms with Crippen molar-refractivity contribution in [3.05, 3.63) is 0 Å². The molecule has 0 radical (unpaired) electrons. The summed E-state index contributed by atoms with van der Waals surface area (Å²) in [5.74, 6) is 0.153. The van der Waals surface area contributed by atoms with Crippen LogP contribution in [-0.4, -0.2) is 23.5 Å². The van der Waals surface area contributed by atoms with Crippen LogP contribution in [0.1, 0.15) is 40.0 Å². The summed E-state index contributed by atoms with van der Waals surface area (Å²) in [7, 11) is 0. The summed E-state index contributed by atoms with van der Waals surface area (Å²) in [4.78, 5) is 11.1. The van der Waals surface area contributed by atoms with Gasteiger partial charge >= 0.3 is 0 Å². The van der Waals surface area contributed by atoms with Crippen LogP contribution in [0.2, 0.25) is 0 Å². The molecule has 0 aliphatic rings. The lowest BCUT2D eigenvalue weighted by Crippen LogP contribution is -2.39. The number of thioether (sulfide) groups is 1. The molecule has 0 spiro atoms. The van der Waals surface area contributed by atoms with Crippen LogP contribution in [0.15, 0.2) is 0 Å². The molecular weight excluding hydrogens is 182 g/mol. The van der Waals surface area contributed by atoms with Gasteiger partial charge in [-0.2, -0.15) is 11.8 Å². The van der Waals surface area contributed by atoms with Gasteiger partial charge in [-0.3, -0.25) is 4.79 Å². The molecular formula is C10H21NOS. The second-order valence-corrected chi connectivity index (χ2v) is 4.50. The molecule has 0 aromatic carbocycles. The molecule has 0 bridgehead atoms. The van der Waals surface area contributed by atoms with Gasteiger partial charge in [-0.1, -0.05) is 20.8 Å². The van der Waals surface area contributed by atoms with Crippen LogP contribution in [0.25, 0.3) is 0 Å². The Bertz CT molecular complexity index is 147. The van der Waals surface area contributed by atoms with E-state index in [9.17, 15) is 4.79 Å². The maximum Gasteiger partial charge on any atom is 0.219 e. The molecule has 0 aromatic rings. The van der Waals surface area contributed by atoms with Crippen LogP contribution in [0.4, 0.5) is 0 Å². The van der Waals surface area contributed by atoms with Crippen molar-refractivity contribution in [1.29, 1.82) is 0 Å². The highest BCUT2D eigenvalue weighted by Gasteiger charge is 2.24. The lowest BCUT2D eigenvalue weighted by atomic mass is 10.0. The molecule has 2 nitrogen and oxygen atoms in total. The van der Waals surface area contributed by atoms with E-state index in [4.69, 9.17) is 0 Å². The van der Waals surface area contributed by atoms with Gasteiger partial charge in [0, 0.05) is 17.7 Å². The molecule has 0 rings (SSSR count). The monoisotopic (exact) mass is 203 g/mol. The predicted octanol–water partition coefficient (Wildman–Crippen LogP) is 2.43. The summed E-state index contributed by atoms with van der Waals surface area (Å²) in [5.41, 5.74) is 0. The quantitative estimate of drug-likeness (QED) is 0.718. The first-order valence-electron chi connectivity index (χ1n) is 4.96. The number of carbonyl (C=O) groups excluding carboxylic acids is 1. The Hall–Kier alpha value is -0.180. The van der Waals surface area contributed by atoms with Crippen molar-refractivity contribution < 1.29 is 4.79 Å². The van der Waals surface area contributed by atoms with Gasteiger partial charge in [-0.15, -0.1) is 0 Å². The molecule has 0 aliphatic carbocycles. The van der Waals surface area contributed by atoms with Gasteiger partial charge < -0.3 is 5.32 Å². The van der Waals surface area contributed by atoms with E-state index in [0.717, 1.165) is 19.4 Å². The zero-order valence-electron chi connectivity index (χ0n) is 9.14. The maximum atomic E-state index is 11.1. The fraction of sp³-hybridized carbons (Fsp3) is 0.900. The SMILES string of the molecule is CCC(=O)NCC(CC)(CC)SC. The van der Waals surface area contributed by atoms with Crippen molar-refractivity contribution in [2.45, 2.75) is 44.8 Å². The number of rotatable bonds is 6. The molecule has 3 heteroatoms. The van der Waals surface area contributed by atoms with E-state index in [1.54, 1.807) is 0 Å². The van der Waals surface area contributed by atoms with E-state index in [-0.39, 0.29) is 10.7 Å². The molecule has 0 saturated carbocycles. The zero-order valence-corrected chi connectivity index (χ0v) is 9.96. The standard InChI is InChI=1S/C10H21NOS/c1-5-9(12)11-8-10(6-2,7-3)13-4/h5-8H2,1-4H3,(H,11,12). The first-order chi connectivity index (χ1) is 6.14. The number of hydrogen-bond donors (Lipinski definition) is 1.